The van der Waals surface area contributed by atoms with Gasteiger partial charge in [0.2, 0.25) is 11.0 Å². The molecule has 11 nitrogen and oxygen atoms in total. The van der Waals surface area contributed by atoms with E-state index in [1.165, 1.54) is 29.4 Å². The van der Waals surface area contributed by atoms with Gasteiger partial charge in [-0.2, -0.15) is 10.4 Å². The minimum atomic E-state index is -3.10. The van der Waals surface area contributed by atoms with E-state index in [1.54, 1.807) is 16.8 Å². The summed E-state index contributed by atoms with van der Waals surface area (Å²) in [6.07, 6.45) is 3.28. The Kier molecular flexibility index (Phi) is 6.35. The van der Waals surface area contributed by atoms with Crippen molar-refractivity contribution in [1.82, 2.24) is 30.1 Å². The fourth-order valence-electron chi connectivity index (χ4n) is 4.91. The highest BCUT2D eigenvalue weighted by Crippen LogP contribution is 2.39. The number of pyridine rings is 1. The number of rotatable bonds is 6. The summed E-state index contributed by atoms with van der Waals surface area (Å²) in [5, 5.41) is 28.9. The Morgan fingerprint density at radius 3 is 2.77 bits per heavy atom. The van der Waals surface area contributed by atoms with Crippen LogP contribution in [0.1, 0.15) is 25.8 Å². The third kappa shape index (κ3) is 4.82. The SMILES string of the molecule is CC(=O)N[C@@H]1CCN(c2nnc(-c3cnc(-c4ccc5cc(C#N)cnn45)cc3NC3(C)COC3)s2)CC1(F)F. The topological polar surface area (TPSA) is 133 Å². The molecule has 0 spiro atoms. The maximum atomic E-state index is 14.8. The van der Waals surface area contributed by atoms with Crippen LogP contribution in [-0.2, 0) is 9.53 Å². The Morgan fingerprint density at radius 1 is 1.25 bits per heavy atom. The second-order valence-electron chi connectivity index (χ2n) is 10.3. The van der Waals surface area contributed by atoms with Crippen LogP contribution in [0.5, 0.6) is 0 Å². The van der Waals surface area contributed by atoms with Crippen molar-refractivity contribution in [2.24, 2.45) is 0 Å². The summed E-state index contributed by atoms with van der Waals surface area (Å²) < 4.78 is 36.7. The van der Waals surface area contributed by atoms with Gasteiger partial charge in [0.1, 0.15) is 6.07 Å². The lowest BCUT2D eigenvalue weighted by Crippen LogP contribution is -2.58. The van der Waals surface area contributed by atoms with Crippen molar-refractivity contribution in [3.8, 4) is 28.0 Å². The molecule has 2 N–H and O–H groups in total. The van der Waals surface area contributed by atoms with Crippen molar-refractivity contribution < 1.29 is 18.3 Å². The zero-order chi connectivity index (χ0) is 28.1. The molecule has 4 aromatic heterocycles. The van der Waals surface area contributed by atoms with Crippen molar-refractivity contribution in [3.63, 3.8) is 0 Å². The van der Waals surface area contributed by atoms with Gasteiger partial charge in [-0.3, -0.25) is 9.78 Å². The van der Waals surface area contributed by atoms with Crippen LogP contribution >= 0.6 is 11.3 Å². The summed E-state index contributed by atoms with van der Waals surface area (Å²) in [5.74, 6) is -3.58. The van der Waals surface area contributed by atoms with E-state index in [1.807, 2.05) is 25.1 Å². The molecule has 1 atom stereocenters. The Hall–Kier alpha value is -4.22. The third-order valence-electron chi connectivity index (χ3n) is 6.97. The molecule has 2 aliphatic rings. The molecular formula is C26H25F2N9O2S. The van der Waals surface area contributed by atoms with E-state index in [9.17, 15) is 18.8 Å². The fourth-order valence-corrected chi connectivity index (χ4v) is 5.80. The average molecular weight is 566 g/mol. The molecule has 40 heavy (non-hydrogen) atoms. The van der Waals surface area contributed by atoms with Crippen molar-refractivity contribution in [1.29, 1.82) is 5.26 Å². The molecule has 0 aliphatic carbocycles. The number of piperidine rings is 1. The molecule has 6 rings (SSSR count). The first-order valence-corrected chi connectivity index (χ1v) is 13.4. The summed E-state index contributed by atoms with van der Waals surface area (Å²) in [5.41, 5.74) is 3.75. The maximum Gasteiger partial charge on any atom is 0.285 e. The van der Waals surface area contributed by atoms with E-state index >= 15 is 0 Å². The lowest BCUT2D eigenvalue weighted by molar-refractivity contribution is -0.124. The number of halogens is 2. The summed E-state index contributed by atoms with van der Waals surface area (Å²) >= 11 is 1.21. The summed E-state index contributed by atoms with van der Waals surface area (Å²) in [4.78, 5) is 17.5. The van der Waals surface area contributed by atoms with Gasteiger partial charge in [0, 0.05) is 25.4 Å². The number of carbonyl (C=O) groups excluding carboxylic acids is 1. The molecular weight excluding hydrogens is 540 g/mol. The lowest BCUT2D eigenvalue weighted by Gasteiger charge is -2.40. The smallest absolute Gasteiger partial charge is 0.285 e. The maximum absolute atomic E-state index is 14.8. The van der Waals surface area contributed by atoms with Crippen molar-refractivity contribution in [3.05, 3.63) is 42.2 Å². The standard InChI is InChI=1S/C26H25F2N9O2S/c1-15(38)32-22-5-6-36(12-26(22,27)28)24-35-34-23(40-24)18-11-30-20(8-19(18)33-25(2)13-39-14-25)21-4-3-17-7-16(9-29)10-31-37(17)21/h3-4,7-8,10-11,22H,5-6,12-14H2,1-2H3,(H,30,33)(H,32,38)/t22-/m1/s1. The predicted octanol–water partition coefficient (Wildman–Crippen LogP) is 3.34. The van der Waals surface area contributed by atoms with Crippen molar-refractivity contribution in [2.75, 3.05) is 36.5 Å². The normalized spacial score (nSPS) is 19.6. The second kappa shape index (κ2) is 9.76. The molecule has 206 valence electrons. The number of hydrogen-bond donors (Lipinski definition) is 2. The lowest BCUT2D eigenvalue weighted by atomic mass is 9.99. The van der Waals surface area contributed by atoms with E-state index in [-0.39, 0.29) is 12.0 Å². The number of anilines is 2. The predicted molar refractivity (Wildman–Crippen MR) is 144 cm³/mol. The van der Waals surface area contributed by atoms with Gasteiger partial charge < -0.3 is 20.3 Å². The number of alkyl halides is 2. The molecule has 6 heterocycles. The zero-order valence-electron chi connectivity index (χ0n) is 21.7. The van der Waals surface area contributed by atoms with Crippen LogP contribution in [0.25, 0.3) is 27.5 Å². The number of carbonyl (C=O) groups is 1. The van der Waals surface area contributed by atoms with Crippen LogP contribution in [0, 0.1) is 11.3 Å². The monoisotopic (exact) mass is 565 g/mol. The molecule has 2 aliphatic heterocycles. The van der Waals surface area contributed by atoms with Crippen LogP contribution in [0.3, 0.4) is 0 Å². The minimum absolute atomic E-state index is 0.0953. The Labute approximate surface area is 231 Å². The van der Waals surface area contributed by atoms with E-state index in [0.29, 0.717) is 46.7 Å². The van der Waals surface area contributed by atoms with Gasteiger partial charge in [0.15, 0.2) is 5.01 Å². The van der Waals surface area contributed by atoms with E-state index in [4.69, 9.17) is 4.74 Å². The Balaban J connectivity index is 1.32. The molecule has 14 heteroatoms. The molecule has 0 aromatic carbocycles. The van der Waals surface area contributed by atoms with Crippen LogP contribution in [0.4, 0.5) is 19.6 Å². The largest absolute Gasteiger partial charge is 0.376 e. The third-order valence-corrected chi connectivity index (χ3v) is 7.98. The van der Waals surface area contributed by atoms with E-state index in [2.05, 4.69) is 37.0 Å². The summed E-state index contributed by atoms with van der Waals surface area (Å²) in [7, 11) is 0. The highest BCUT2D eigenvalue weighted by Gasteiger charge is 2.46. The average Bonchev–Trinajstić information content (AvgIpc) is 3.56. The number of nitrogens with zero attached hydrogens (tertiary/aromatic N) is 7. The Bertz CT molecular complexity index is 1640. The van der Waals surface area contributed by atoms with E-state index in [0.717, 1.165) is 16.9 Å². The zero-order valence-corrected chi connectivity index (χ0v) is 22.5. The van der Waals surface area contributed by atoms with Gasteiger partial charge in [-0.1, -0.05) is 11.3 Å². The number of aromatic nitrogens is 5. The number of fused-ring (bicyclic) bond motifs is 1. The molecule has 2 fully saturated rings. The quantitative estimate of drug-likeness (QED) is 0.361. The molecule has 4 aromatic rings. The second-order valence-corrected chi connectivity index (χ2v) is 11.3. The van der Waals surface area contributed by atoms with Crippen molar-refractivity contribution in [2.45, 2.75) is 37.8 Å². The molecule has 1 amide bonds. The molecule has 0 saturated carbocycles. The van der Waals surface area contributed by atoms with E-state index < -0.39 is 24.4 Å². The van der Waals surface area contributed by atoms with Crippen molar-refractivity contribution >= 4 is 33.6 Å². The minimum Gasteiger partial charge on any atom is -0.376 e. The highest BCUT2D eigenvalue weighted by molar-refractivity contribution is 7.18. The van der Waals surface area contributed by atoms with Gasteiger partial charge in [0.05, 0.1) is 65.6 Å². The highest BCUT2D eigenvalue weighted by atomic mass is 32.1. The van der Waals surface area contributed by atoms with Gasteiger partial charge in [-0.25, -0.2) is 13.3 Å². The Morgan fingerprint density at radius 2 is 2.08 bits per heavy atom. The van der Waals surface area contributed by atoms with Gasteiger partial charge in [-0.05, 0) is 37.6 Å². The van der Waals surface area contributed by atoms with Gasteiger partial charge >= 0.3 is 0 Å². The molecule has 0 radical (unpaired) electrons. The number of hydrogen-bond acceptors (Lipinski definition) is 10. The number of ether oxygens (including phenoxy) is 1. The van der Waals surface area contributed by atoms with Gasteiger partial charge in [0.25, 0.3) is 5.92 Å². The molecule has 0 bridgehead atoms. The molecule has 2 saturated heterocycles. The number of amides is 1. The fraction of sp³-hybridized carbons (Fsp3) is 0.385. The van der Waals surface area contributed by atoms with Crippen LogP contribution in [0.2, 0.25) is 0 Å². The number of nitrogens with one attached hydrogen (secondary N) is 2. The first-order chi connectivity index (χ1) is 19.1. The first kappa shape index (κ1) is 26.0. The number of nitriles is 1. The summed E-state index contributed by atoms with van der Waals surface area (Å²) in [6, 6.07) is 8.29. The van der Waals surface area contributed by atoms with Gasteiger partial charge in [-0.15, -0.1) is 10.2 Å². The first-order valence-electron chi connectivity index (χ1n) is 12.6. The molecule has 0 unspecified atom stereocenters. The van der Waals surface area contributed by atoms with Crippen LogP contribution in [-0.4, -0.2) is 74.5 Å². The van der Waals surface area contributed by atoms with Crippen LogP contribution < -0.4 is 15.5 Å². The summed E-state index contributed by atoms with van der Waals surface area (Å²) in [6.45, 7) is 4.08. The van der Waals surface area contributed by atoms with Crippen LogP contribution in [0.15, 0.2) is 36.7 Å².